The number of hydrogen-bond donors (Lipinski definition) is 2. The molecule has 1 heterocycles. The standard InChI is InChI=1S/C12H22N2O3/c1-7(2)6-10(13)11(15)14-5-4-9(8(14)3)12(16)17/h7-10H,4-6,13H2,1-3H3,(H,16,17). The van der Waals surface area contributed by atoms with Gasteiger partial charge in [0.25, 0.3) is 0 Å². The molecule has 0 aromatic carbocycles. The Labute approximate surface area is 102 Å². The summed E-state index contributed by atoms with van der Waals surface area (Å²) in [5.74, 6) is -1.03. The van der Waals surface area contributed by atoms with Crippen molar-refractivity contribution in [2.24, 2.45) is 17.6 Å². The Kier molecular flexibility index (Phi) is 4.51. The highest BCUT2D eigenvalue weighted by molar-refractivity contribution is 5.83. The number of carbonyl (C=O) groups excluding carboxylic acids is 1. The normalized spacial score (nSPS) is 26.3. The molecule has 1 aliphatic heterocycles. The first-order valence-corrected chi connectivity index (χ1v) is 6.13. The summed E-state index contributed by atoms with van der Waals surface area (Å²) in [5.41, 5.74) is 5.84. The second-order valence-electron chi connectivity index (χ2n) is 5.24. The number of carboxylic acids is 1. The molecule has 1 saturated heterocycles. The van der Waals surface area contributed by atoms with E-state index in [1.165, 1.54) is 0 Å². The topological polar surface area (TPSA) is 83.6 Å². The van der Waals surface area contributed by atoms with Gasteiger partial charge in [-0.25, -0.2) is 0 Å². The van der Waals surface area contributed by atoms with Gasteiger partial charge in [0.15, 0.2) is 0 Å². The van der Waals surface area contributed by atoms with E-state index in [0.29, 0.717) is 25.3 Å². The van der Waals surface area contributed by atoms with Crippen LogP contribution in [0.2, 0.25) is 0 Å². The van der Waals surface area contributed by atoms with Gasteiger partial charge in [-0.05, 0) is 25.7 Å². The lowest BCUT2D eigenvalue weighted by Gasteiger charge is -2.26. The van der Waals surface area contributed by atoms with Gasteiger partial charge in [0.1, 0.15) is 0 Å². The van der Waals surface area contributed by atoms with Crippen molar-refractivity contribution in [2.75, 3.05) is 6.54 Å². The molecule has 17 heavy (non-hydrogen) atoms. The number of hydrogen-bond acceptors (Lipinski definition) is 3. The van der Waals surface area contributed by atoms with E-state index in [2.05, 4.69) is 0 Å². The van der Waals surface area contributed by atoms with E-state index >= 15 is 0 Å². The highest BCUT2D eigenvalue weighted by Crippen LogP contribution is 2.25. The van der Waals surface area contributed by atoms with Crippen molar-refractivity contribution < 1.29 is 14.7 Å². The Bertz CT molecular complexity index is 304. The molecule has 1 fully saturated rings. The van der Waals surface area contributed by atoms with Crippen molar-refractivity contribution in [2.45, 2.75) is 45.7 Å². The van der Waals surface area contributed by atoms with Crippen LogP contribution in [0, 0.1) is 11.8 Å². The van der Waals surface area contributed by atoms with E-state index in [4.69, 9.17) is 10.8 Å². The van der Waals surface area contributed by atoms with Crippen LogP contribution in [0.25, 0.3) is 0 Å². The van der Waals surface area contributed by atoms with Crippen molar-refractivity contribution in [1.82, 2.24) is 4.90 Å². The number of nitrogens with zero attached hydrogens (tertiary/aromatic N) is 1. The van der Waals surface area contributed by atoms with E-state index in [0.717, 1.165) is 0 Å². The molecule has 0 radical (unpaired) electrons. The summed E-state index contributed by atoms with van der Waals surface area (Å²) >= 11 is 0. The minimum Gasteiger partial charge on any atom is -0.481 e. The van der Waals surface area contributed by atoms with Crippen LogP contribution >= 0.6 is 0 Å². The largest absolute Gasteiger partial charge is 0.481 e. The molecule has 0 spiro atoms. The van der Waals surface area contributed by atoms with Crippen LogP contribution in [0.1, 0.15) is 33.6 Å². The number of carboxylic acid groups (broad SMARTS) is 1. The van der Waals surface area contributed by atoms with Gasteiger partial charge in [-0.1, -0.05) is 13.8 Å². The highest BCUT2D eigenvalue weighted by atomic mass is 16.4. The Morgan fingerprint density at radius 1 is 1.47 bits per heavy atom. The van der Waals surface area contributed by atoms with Gasteiger partial charge >= 0.3 is 5.97 Å². The molecule has 0 aromatic heterocycles. The van der Waals surface area contributed by atoms with E-state index in [9.17, 15) is 9.59 Å². The first-order valence-electron chi connectivity index (χ1n) is 6.13. The quantitative estimate of drug-likeness (QED) is 0.759. The second-order valence-corrected chi connectivity index (χ2v) is 5.24. The molecular weight excluding hydrogens is 220 g/mol. The third kappa shape index (κ3) is 3.19. The van der Waals surface area contributed by atoms with Crippen LogP contribution in [0.5, 0.6) is 0 Å². The van der Waals surface area contributed by atoms with Crippen LogP contribution in [0.15, 0.2) is 0 Å². The van der Waals surface area contributed by atoms with Crippen LogP contribution in [-0.2, 0) is 9.59 Å². The summed E-state index contributed by atoms with van der Waals surface area (Å²) < 4.78 is 0. The smallest absolute Gasteiger partial charge is 0.308 e. The van der Waals surface area contributed by atoms with E-state index < -0.39 is 17.9 Å². The fourth-order valence-corrected chi connectivity index (χ4v) is 2.40. The number of rotatable bonds is 4. The summed E-state index contributed by atoms with van der Waals surface area (Å²) in [7, 11) is 0. The Morgan fingerprint density at radius 3 is 2.47 bits per heavy atom. The Hall–Kier alpha value is -1.10. The van der Waals surface area contributed by atoms with Crippen molar-refractivity contribution in [1.29, 1.82) is 0 Å². The molecule has 0 bridgehead atoms. The van der Waals surface area contributed by atoms with E-state index in [1.54, 1.807) is 11.8 Å². The lowest BCUT2D eigenvalue weighted by Crippen LogP contribution is -2.47. The maximum absolute atomic E-state index is 12.1. The second kappa shape index (κ2) is 5.49. The number of likely N-dealkylation sites (tertiary alicyclic amines) is 1. The van der Waals surface area contributed by atoms with Crippen molar-refractivity contribution >= 4 is 11.9 Å². The fourth-order valence-electron chi connectivity index (χ4n) is 2.40. The first kappa shape index (κ1) is 14.0. The van der Waals surface area contributed by atoms with Crippen LogP contribution in [0.4, 0.5) is 0 Å². The Morgan fingerprint density at radius 2 is 2.06 bits per heavy atom. The minimum atomic E-state index is -0.828. The number of nitrogens with two attached hydrogens (primary N) is 1. The zero-order valence-electron chi connectivity index (χ0n) is 10.7. The maximum Gasteiger partial charge on any atom is 0.308 e. The van der Waals surface area contributed by atoms with Gasteiger partial charge in [0, 0.05) is 12.6 Å². The summed E-state index contributed by atoms with van der Waals surface area (Å²) in [6.45, 7) is 6.32. The molecular formula is C12H22N2O3. The van der Waals surface area contributed by atoms with Crippen LogP contribution in [-0.4, -0.2) is 40.5 Å². The molecule has 1 amide bonds. The highest BCUT2D eigenvalue weighted by Gasteiger charge is 2.39. The average Bonchev–Trinajstić information content (AvgIpc) is 2.57. The molecule has 1 rings (SSSR count). The molecule has 98 valence electrons. The van der Waals surface area contributed by atoms with Crippen LogP contribution < -0.4 is 5.73 Å². The zero-order valence-corrected chi connectivity index (χ0v) is 10.7. The summed E-state index contributed by atoms with van der Waals surface area (Å²) in [6, 6.07) is -0.761. The van der Waals surface area contributed by atoms with E-state index in [1.807, 2.05) is 13.8 Å². The monoisotopic (exact) mass is 242 g/mol. The molecule has 5 heteroatoms. The number of aliphatic carboxylic acids is 1. The molecule has 3 N–H and O–H groups in total. The molecule has 1 aliphatic rings. The lowest BCUT2D eigenvalue weighted by atomic mass is 10.0. The molecule has 3 unspecified atom stereocenters. The predicted molar refractivity (Wildman–Crippen MR) is 64.3 cm³/mol. The van der Waals surface area contributed by atoms with Crippen LogP contribution in [0.3, 0.4) is 0 Å². The molecule has 5 nitrogen and oxygen atoms in total. The molecule has 0 aromatic rings. The minimum absolute atomic E-state index is 0.116. The molecule has 0 saturated carbocycles. The number of amides is 1. The van der Waals surface area contributed by atoms with E-state index in [-0.39, 0.29) is 11.9 Å². The average molecular weight is 242 g/mol. The fraction of sp³-hybridized carbons (Fsp3) is 0.833. The van der Waals surface area contributed by atoms with Gasteiger partial charge in [-0.2, -0.15) is 0 Å². The summed E-state index contributed by atoms with van der Waals surface area (Å²) in [6.07, 6.45) is 1.16. The van der Waals surface area contributed by atoms with Gasteiger partial charge in [-0.3, -0.25) is 9.59 Å². The SMILES string of the molecule is CC(C)CC(N)C(=O)N1CCC(C(=O)O)C1C. The first-order chi connectivity index (χ1) is 7.84. The maximum atomic E-state index is 12.1. The predicted octanol–water partition coefficient (Wildman–Crippen LogP) is 0.681. The van der Waals surface area contributed by atoms with Gasteiger partial charge in [0.05, 0.1) is 12.0 Å². The zero-order chi connectivity index (χ0) is 13.2. The van der Waals surface area contributed by atoms with Gasteiger partial charge in [-0.15, -0.1) is 0 Å². The van der Waals surface area contributed by atoms with Gasteiger partial charge < -0.3 is 15.7 Å². The molecule has 3 atom stereocenters. The van der Waals surface area contributed by atoms with Crippen molar-refractivity contribution in [3.05, 3.63) is 0 Å². The third-order valence-corrected chi connectivity index (χ3v) is 3.40. The summed E-state index contributed by atoms with van der Waals surface area (Å²) in [5, 5.41) is 9.00. The van der Waals surface area contributed by atoms with Crippen molar-refractivity contribution in [3.63, 3.8) is 0 Å². The summed E-state index contributed by atoms with van der Waals surface area (Å²) in [4.78, 5) is 24.6. The third-order valence-electron chi connectivity index (χ3n) is 3.40. The van der Waals surface area contributed by atoms with Gasteiger partial charge in [0.2, 0.25) is 5.91 Å². The van der Waals surface area contributed by atoms with Crippen molar-refractivity contribution in [3.8, 4) is 0 Å². The molecule has 0 aliphatic carbocycles. The number of carbonyl (C=O) groups is 2. The lowest BCUT2D eigenvalue weighted by molar-refractivity contribution is -0.143. The Balaban J connectivity index is 2.62.